The highest BCUT2D eigenvalue weighted by atomic mass is 32.2. The normalized spacial score (nSPS) is 20.9. The summed E-state index contributed by atoms with van der Waals surface area (Å²) in [4.78, 5) is 13.2. The number of aromatic nitrogens is 2. The molecule has 0 spiro atoms. The first-order valence-corrected chi connectivity index (χ1v) is 13.1. The third-order valence-corrected chi connectivity index (χ3v) is 8.61. The second kappa shape index (κ2) is 8.02. The number of carbonyl (C=O) groups excluding carboxylic acids is 1. The van der Waals surface area contributed by atoms with Crippen LogP contribution in [0.1, 0.15) is 61.3 Å². The van der Waals surface area contributed by atoms with Gasteiger partial charge in [0.15, 0.2) is 9.92 Å². The predicted molar refractivity (Wildman–Crippen MR) is 124 cm³/mol. The molecule has 3 N–H and O–H groups in total. The van der Waals surface area contributed by atoms with E-state index in [1.165, 1.54) is 17.3 Å². The van der Waals surface area contributed by atoms with Crippen molar-refractivity contribution < 1.29 is 18.5 Å². The van der Waals surface area contributed by atoms with Gasteiger partial charge in [0.25, 0.3) is 0 Å². The Kier molecular flexibility index (Phi) is 5.40. The van der Waals surface area contributed by atoms with E-state index < -0.39 is 15.9 Å². The van der Waals surface area contributed by atoms with Crippen LogP contribution in [0.15, 0.2) is 17.2 Å². The van der Waals surface area contributed by atoms with Gasteiger partial charge in [-0.3, -0.25) is 0 Å². The lowest BCUT2D eigenvalue weighted by Crippen LogP contribution is -2.35. The molecular weight excluding hydrogens is 442 g/mol. The zero-order valence-corrected chi connectivity index (χ0v) is 20.1. The van der Waals surface area contributed by atoms with Gasteiger partial charge in [-0.15, -0.1) is 0 Å². The molecule has 2 atom stereocenters. The molecule has 9 nitrogen and oxygen atoms in total. The number of aryl methyl sites for hydroxylation is 3. The summed E-state index contributed by atoms with van der Waals surface area (Å²) in [5, 5.41) is 7.16. The second-order valence-electron chi connectivity index (χ2n) is 9.57. The van der Waals surface area contributed by atoms with E-state index in [0.717, 1.165) is 55.3 Å². The Hall–Kier alpha value is -2.59. The van der Waals surface area contributed by atoms with E-state index in [4.69, 9.17) is 14.3 Å². The van der Waals surface area contributed by atoms with Crippen molar-refractivity contribution >= 4 is 21.6 Å². The van der Waals surface area contributed by atoms with Gasteiger partial charge in [-0.1, -0.05) is 6.07 Å². The Morgan fingerprint density at radius 2 is 2.12 bits per heavy atom. The summed E-state index contributed by atoms with van der Waals surface area (Å²) in [5.41, 5.74) is 5.18. The first-order chi connectivity index (χ1) is 15.7. The highest BCUT2D eigenvalue weighted by Gasteiger charge is 2.39. The number of anilines is 1. The SMILES string of the molecule is COC(C)(C)C1CCc2cc3c(c(NC(=O)NS(=N)(=O)c4cnn5c4OCCC5)c21)CCC3. The number of carbonyl (C=O) groups is 1. The number of fused-ring (bicyclic) bond motifs is 3. The van der Waals surface area contributed by atoms with Crippen molar-refractivity contribution in [1.82, 2.24) is 14.5 Å². The Bertz CT molecular complexity index is 1220. The van der Waals surface area contributed by atoms with E-state index in [0.29, 0.717) is 19.0 Å². The van der Waals surface area contributed by atoms with Crippen molar-refractivity contribution in [2.75, 3.05) is 19.0 Å². The minimum Gasteiger partial charge on any atom is -0.477 e. The van der Waals surface area contributed by atoms with Crippen molar-refractivity contribution in [1.29, 1.82) is 4.78 Å². The third kappa shape index (κ3) is 3.78. The van der Waals surface area contributed by atoms with Gasteiger partial charge < -0.3 is 14.8 Å². The number of hydrogen-bond acceptors (Lipinski definition) is 6. The summed E-state index contributed by atoms with van der Waals surface area (Å²) in [6, 6.07) is 1.63. The van der Waals surface area contributed by atoms with Crippen LogP contribution in [-0.2, 0) is 40.5 Å². The number of nitrogens with zero attached hydrogens (tertiary/aromatic N) is 2. The van der Waals surface area contributed by atoms with E-state index in [1.54, 1.807) is 11.8 Å². The molecule has 0 saturated heterocycles. The van der Waals surface area contributed by atoms with Crippen LogP contribution in [0.4, 0.5) is 10.5 Å². The fourth-order valence-corrected chi connectivity index (χ4v) is 6.45. The standard InChI is InChI=1S/C23H31N5O4S/c1-23(2,31-3)17-9-8-15-12-14-6-4-7-16(14)20(19(15)17)26-22(29)27-33(24,30)18-13-25-28-10-5-11-32-21(18)28/h12-13,17H,4-11H2,1-3H3,(H3,24,26,27,29,30). The summed E-state index contributed by atoms with van der Waals surface area (Å²) in [7, 11) is -1.93. The molecule has 5 rings (SSSR count). The molecule has 0 fully saturated rings. The molecule has 178 valence electrons. The van der Waals surface area contributed by atoms with Crippen LogP contribution in [0.5, 0.6) is 5.88 Å². The zero-order valence-electron chi connectivity index (χ0n) is 19.3. The van der Waals surface area contributed by atoms with Crippen LogP contribution in [-0.4, -0.2) is 39.3 Å². The molecule has 1 aliphatic heterocycles. The van der Waals surface area contributed by atoms with E-state index in [9.17, 15) is 9.00 Å². The maximum absolute atomic E-state index is 13.2. The molecule has 0 bridgehead atoms. The molecule has 0 saturated carbocycles. The molecule has 3 aliphatic rings. The number of rotatable bonds is 5. The van der Waals surface area contributed by atoms with Crippen molar-refractivity contribution in [3.63, 3.8) is 0 Å². The predicted octanol–water partition coefficient (Wildman–Crippen LogP) is 3.75. The van der Waals surface area contributed by atoms with Gasteiger partial charge in [0.2, 0.25) is 5.88 Å². The average Bonchev–Trinajstić information content (AvgIpc) is 3.51. The highest BCUT2D eigenvalue weighted by Crippen LogP contribution is 2.48. The van der Waals surface area contributed by atoms with Crippen LogP contribution in [0.25, 0.3) is 0 Å². The molecule has 2 aliphatic carbocycles. The van der Waals surface area contributed by atoms with Crippen LogP contribution >= 0.6 is 0 Å². The smallest absolute Gasteiger partial charge is 0.331 e. The fraction of sp³-hybridized carbons (Fsp3) is 0.565. The number of ether oxygens (including phenoxy) is 2. The number of nitrogens with one attached hydrogen (secondary N) is 3. The minimum absolute atomic E-state index is 0.0965. The Balaban J connectivity index is 1.46. The summed E-state index contributed by atoms with van der Waals surface area (Å²) in [6.45, 7) is 5.25. The maximum atomic E-state index is 13.2. The molecule has 2 amide bonds. The number of hydrogen-bond donors (Lipinski definition) is 3. The Morgan fingerprint density at radius 3 is 2.91 bits per heavy atom. The minimum atomic E-state index is -3.65. The quantitative estimate of drug-likeness (QED) is 0.611. The fourth-order valence-electron chi connectivity index (χ4n) is 5.42. The molecule has 2 unspecified atom stereocenters. The number of benzene rings is 1. The van der Waals surface area contributed by atoms with Gasteiger partial charge in [0, 0.05) is 31.7 Å². The first-order valence-electron chi connectivity index (χ1n) is 11.5. The molecule has 33 heavy (non-hydrogen) atoms. The van der Waals surface area contributed by atoms with E-state index in [2.05, 4.69) is 35.1 Å². The topological polar surface area (TPSA) is 118 Å². The molecule has 0 radical (unpaired) electrons. The van der Waals surface area contributed by atoms with Crippen LogP contribution in [0.3, 0.4) is 0 Å². The van der Waals surface area contributed by atoms with E-state index in [1.807, 2.05) is 0 Å². The molecule has 10 heteroatoms. The zero-order chi connectivity index (χ0) is 23.4. The first kappa shape index (κ1) is 22.2. The number of urea groups is 1. The summed E-state index contributed by atoms with van der Waals surface area (Å²) in [6.07, 6.45) is 6.96. The lowest BCUT2D eigenvalue weighted by atomic mass is 9.83. The summed E-state index contributed by atoms with van der Waals surface area (Å²) in [5.74, 6) is 0.431. The summed E-state index contributed by atoms with van der Waals surface area (Å²) >= 11 is 0. The largest absolute Gasteiger partial charge is 0.477 e. The number of amides is 2. The van der Waals surface area contributed by atoms with Gasteiger partial charge in [-0.2, -0.15) is 5.10 Å². The van der Waals surface area contributed by atoms with Crippen molar-refractivity contribution in [3.05, 3.63) is 34.5 Å². The van der Waals surface area contributed by atoms with E-state index >= 15 is 0 Å². The van der Waals surface area contributed by atoms with Gasteiger partial charge in [0.1, 0.15) is 4.90 Å². The lowest BCUT2D eigenvalue weighted by Gasteiger charge is -2.32. The van der Waals surface area contributed by atoms with Gasteiger partial charge >= 0.3 is 6.03 Å². The lowest BCUT2D eigenvalue weighted by molar-refractivity contribution is -0.000955. The third-order valence-electron chi connectivity index (χ3n) is 7.24. The van der Waals surface area contributed by atoms with E-state index in [-0.39, 0.29) is 16.4 Å². The van der Waals surface area contributed by atoms with Crippen LogP contribution < -0.4 is 14.8 Å². The van der Waals surface area contributed by atoms with Crippen LogP contribution in [0, 0.1) is 4.78 Å². The molecular formula is C23H31N5O4S. The molecule has 1 aromatic carbocycles. The molecule has 2 heterocycles. The Morgan fingerprint density at radius 1 is 1.30 bits per heavy atom. The van der Waals surface area contributed by atoms with Gasteiger partial charge in [0.05, 0.1) is 18.4 Å². The van der Waals surface area contributed by atoms with Gasteiger partial charge in [-0.05, 0) is 68.2 Å². The highest BCUT2D eigenvalue weighted by molar-refractivity contribution is 7.91. The number of methoxy groups -OCH3 is 1. The monoisotopic (exact) mass is 473 g/mol. The molecule has 2 aromatic rings. The average molecular weight is 474 g/mol. The molecule has 1 aromatic heterocycles. The maximum Gasteiger partial charge on any atom is 0.331 e. The van der Waals surface area contributed by atoms with Crippen molar-refractivity contribution in [2.24, 2.45) is 0 Å². The van der Waals surface area contributed by atoms with Crippen molar-refractivity contribution in [3.8, 4) is 5.88 Å². The van der Waals surface area contributed by atoms with Crippen LogP contribution in [0.2, 0.25) is 0 Å². The van der Waals surface area contributed by atoms with Gasteiger partial charge in [-0.25, -0.2) is 23.2 Å². The Labute approximate surface area is 194 Å². The van der Waals surface area contributed by atoms with Crippen molar-refractivity contribution in [2.45, 2.75) is 75.3 Å². The summed E-state index contributed by atoms with van der Waals surface area (Å²) < 4.78 is 37.0. The second-order valence-corrected chi connectivity index (χ2v) is 11.3.